The van der Waals surface area contributed by atoms with E-state index in [4.69, 9.17) is 10.5 Å². The van der Waals surface area contributed by atoms with Crippen LogP contribution in [0.2, 0.25) is 0 Å². The lowest BCUT2D eigenvalue weighted by molar-refractivity contribution is -0.00500. The average Bonchev–Trinajstić information content (AvgIpc) is 3.10. The molecule has 2 heterocycles. The Morgan fingerprint density at radius 2 is 2.00 bits per heavy atom. The summed E-state index contributed by atoms with van der Waals surface area (Å²) < 4.78 is 5.74. The molecular weight excluding hydrogens is 260 g/mol. The van der Waals surface area contributed by atoms with Crippen LogP contribution in [0.1, 0.15) is 36.4 Å². The van der Waals surface area contributed by atoms with Gasteiger partial charge in [-0.2, -0.15) is 0 Å². The Hall–Kier alpha value is -1.07. The number of nitrogens with zero attached hydrogens (tertiary/aromatic N) is 1. The van der Waals surface area contributed by atoms with Crippen molar-refractivity contribution in [3.63, 3.8) is 0 Å². The largest absolute Gasteiger partial charge is 0.397 e. The Bertz CT molecular complexity index is 486. The third-order valence-electron chi connectivity index (χ3n) is 3.65. The van der Waals surface area contributed by atoms with E-state index in [1.165, 1.54) is 0 Å². The van der Waals surface area contributed by atoms with E-state index in [1.807, 2.05) is 6.07 Å². The lowest BCUT2D eigenvalue weighted by Crippen LogP contribution is -2.45. The highest BCUT2D eigenvalue weighted by molar-refractivity contribution is 7.18. The molecular formula is C14H20N2O2S. The van der Waals surface area contributed by atoms with Crippen LogP contribution >= 0.6 is 11.3 Å². The molecule has 2 N–H and O–H groups in total. The van der Waals surface area contributed by atoms with Crippen molar-refractivity contribution in [1.29, 1.82) is 0 Å². The highest BCUT2D eigenvalue weighted by Crippen LogP contribution is 2.40. The van der Waals surface area contributed by atoms with Gasteiger partial charge in [-0.25, -0.2) is 0 Å². The molecule has 0 aromatic carbocycles. The van der Waals surface area contributed by atoms with E-state index in [9.17, 15) is 4.79 Å². The maximum Gasteiger partial charge on any atom is 0.178 e. The van der Waals surface area contributed by atoms with Crippen molar-refractivity contribution in [1.82, 2.24) is 0 Å². The van der Waals surface area contributed by atoms with Crippen LogP contribution in [0.15, 0.2) is 6.07 Å². The van der Waals surface area contributed by atoms with E-state index in [-0.39, 0.29) is 23.9 Å². The van der Waals surface area contributed by atoms with E-state index < -0.39 is 0 Å². The number of carbonyl (C=O) groups is 1. The fourth-order valence-electron chi connectivity index (χ4n) is 2.63. The number of ether oxygens (including phenoxy) is 1. The molecule has 1 saturated carbocycles. The van der Waals surface area contributed by atoms with Crippen molar-refractivity contribution in [3.05, 3.63) is 10.9 Å². The molecule has 4 nitrogen and oxygen atoms in total. The highest BCUT2D eigenvalue weighted by atomic mass is 32.1. The third-order valence-corrected chi connectivity index (χ3v) is 4.88. The van der Waals surface area contributed by atoms with Crippen molar-refractivity contribution in [3.8, 4) is 0 Å². The lowest BCUT2D eigenvalue weighted by atomic mass is 10.2. The van der Waals surface area contributed by atoms with Crippen molar-refractivity contribution in [2.24, 2.45) is 5.92 Å². The van der Waals surface area contributed by atoms with Gasteiger partial charge in [-0.15, -0.1) is 11.3 Å². The molecule has 1 aromatic heterocycles. The number of nitrogen functional groups attached to an aromatic ring is 1. The van der Waals surface area contributed by atoms with Gasteiger partial charge < -0.3 is 15.4 Å². The number of anilines is 2. The van der Waals surface area contributed by atoms with Crippen LogP contribution in [0.3, 0.4) is 0 Å². The summed E-state index contributed by atoms with van der Waals surface area (Å²) in [7, 11) is 0. The third kappa shape index (κ3) is 2.62. The molecule has 19 heavy (non-hydrogen) atoms. The average molecular weight is 280 g/mol. The standard InChI is InChI=1S/C14H20N2O2S/c1-8-6-16(7-9(2)18-8)12-5-11(15)14(19-12)13(17)10-3-4-10/h5,8-10H,3-4,6-7,15H2,1-2H3. The molecule has 1 aliphatic heterocycles. The fourth-order valence-corrected chi connectivity index (χ4v) is 3.75. The number of Topliss-reactive ketones (excluding diaryl/α,β-unsaturated/α-hetero) is 1. The first-order valence-electron chi connectivity index (χ1n) is 6.88. The van der Waals surface area contributed by atoms with Crippen molar-refractivity contribution in [2.75, 3.05) is 23.7 Å². The molecule has 104 valence electrons. The number of morpholine rings is 1. The van der Waals surface area contributed by atoms with E-state index in [0.717, 1.165) is 35.8 Å². The van der Waals surface area contributed by atoms with E-state index in [2.05, 4.69) is 18.7 Å². The van der Waals surface area contributed by atoms with Crippen LogP contribution < -0.4 is 10.6 Å². The Morgan fingerprint density at radius 1 is 1.37 bits per heavy atom. The van der Waals surface area contributed by atoms with Gasteiger partial charge in [0.2, 0.25) is 0 Å². The molecule has 0 amide bonds. The molecule has 0 radical (unpaired) electrons. The van der Waals surface area contributed by atoms with Crippen LogP contribution in [-0.4, -0.2) is 31.1 Å². The van der Waals surface area contributed by atoms with Gasteiger partial charge in [0.15, 0.2) is 5.78 Å². The molecule has 0 bridgehead atoms. The van der Waals surface area contributed by atoms with Gasteiger partial charge in [-0.05, 0) is 32.8 Å². The Labute approximate surface area is 117 Å². The number of hydrogen-bond donors (Lipinski definition) is 1. The minimum absolute atomic E-state index is 0.217. The molecule has 2 aliphatic rings. The minimum Gasteiger partial charge on any atom is -0.397 e. The first kappa shape index (κ1) is 12.9. The molecule has 2 unspecified atom stereocenters. The predicted molar refractivity (Wildman–Crippen MR) is 78.0 cm³/mol. The van der Waals surface area contributed by atoms with Crippen molar-refractivity contribution < 1.29 is 9.53 Å². The van der Waals surface area contributed by atoms with Gasteiger partial charge >= 0.3 is 0 Å². The normalized spacial score (nSPS) is 27.6. The number of nitrogens with two attached hydrogens (primary N) is 1. The number of carbonyl (C=O) groups excluding carboxylic acids is 1. The second kappa shape index (κ2) is 4.80. The molecule has 1 saturated heterocycles. The Kier molecular flexibility index (Phi) is 3.27. The van der Waals surface area contributed by atoms with Crippen molar-refractivity contribution in [2.45, 2.75) is 38.9 Å². The number of ketones is 1. The maximum absolute atomic E-state index is 12.1. The van der Waals surface area contributed by atoms with Gasteiger partial charge in [-0.1, -0.05) is 0 Å². The predicted octanol–water partition coefficient (Wildman–Crippen LogP) is 2.54. The first-order valence-corrected chi connectivity index (χ1v) is 7.70. The Balaban J connectivity index is 1.81. The van der Waals surface area contributed by atoms with Crippen LogP contribution in [-0.2, 0) is 4.74 Å². The molecule has 3 rings (SSSR count). The van der Waals surface area contributed by atoms with Gasteiger partial charge in [0.05, 0.1) is 27.8 Å². The minimum atomic E-state index is 0.217. The van der Waals surface area contributed by atoms with Crippen LogP contribution in [0.25, 0.3) is 0 Å². The van der Waals surface area contributed by atoms with Gasteiger partial charge in [0.1, 0.15) is 0 Å². The Morgan fingerprint density at radius 3 is 2.58 bits per heavy atom. The molecule has 1 aliphatic carbocycles. The zero-order valence-electron chi connectivity index (χ0n) is 11.4. The summed E-state index contributed by atoms with van der Waals surface area (Å²) in [6.07, 6.45) is 2.48. The molecule has 5 heteroatoms. The summed E-state index contributed by atoms with van der Waals surface area (Å²) in [6.45, 7) is 5.88. The van der Waals surface area contributed by atoms with Crippen LogP contribution in [0.5, 0.6) is 0 Å². The summed E-state index contributed by atoms with van der Waals surface area (Å²) in [5, 5.41) is 1.10. The topological polar surface area (TPSA) is 55.6 Å². The molecule has 0 spiro atoms. The monoisotopic (exact) mass is 280 g/mol. The number of thiophene rings is 1. The van der Waals surface area contributed by atoms with E-state index in [1.54, 1.807) is 11.3 Å². The summed E-state index contributed by atoms with van der Waals surface area (Å²) in [5.74, 6) is 0.472. The summed E-state index contributed by atoms with van der Waals surface area (Å²) in [4.78, 5) is 15.2. The number of rotatable bonds is 3. The fraction of sp³-hybridized carbons (Fsp3) is 0.643. The second-order valence-corrected chi connectivity index (χ2v) is 6.70. The smallest absolute Gasteiger partial charge is 0.178 e. The quantitative estimate of drug-likeness (QED) is 0.864. The van der Waals surface area contributed by atoms with Crippen LogP contribution in [0.4, 0.5) is 10.7 Å². The summed E-state index contributed by atoms with van der Waals surface area (Å²) in [5.41, 5.74) is 6.66. The van der Waals surface area contributed by atoms with Crippen molar-refractivity contribution >= 4 is 27.8 Å². The van der Waals surface area contributed by atoms with Crippen LogP contribution in [0, 0.1) is 5.92 Å². The van der Waals surface area contributed by atoms with E-state index >= 15 is 0 Å². The molecule has 1 aromatic rings. The number of hydrogen-bond acceptors (Lipinski definition) is 5. The molecule has 2 atom stereocenters. The van der Waals surface area contributed by atoms with Gasteiger partial charge in [0.25, 0.3) is 0 Å². The first-order chi connectivity index (χ1) is 9.04. The molecule has 2 fully saturated rings. The lowest BCUT2D eigenvalue weighted by Gasteiger charge is -2.35. The SMILES string of the molecule is CC1CN(c2cc(N)c(C(=O)C3CC3)s2)CC(C)O1. The second-order valence-electron chi connectivity index (χ2n) is 5.67. The summed E-state index contributed by atoms with van der Waals surface area (Å²) in [6, 6.07) is 1.95. The van der Waals surface area contributed by atoms with E-state index in [0.29, 0.717) is 5.69 Å². The van der Waals surface area contributed by atoms with Gasteiger partial charge in [0, 0.05) is 19.0 Å². The van der Waals surface area contributed by atoms with Gasteiger partial charge in [-0.3, -0.25) is 4.79 Å². The summed E-state index contributed by atoms with van der Waals surface area (Å²) >= 11 is 1.54. The zero-order chi connectivity index (χ0) is 13.6. The highest BCUT2D eigenvalue weighted by Gasteiger charge is 2.33. The maximum atomic E-state index is 12.1. The zero-order valence-corrected chi connectivity index (χ0v) is 12.2.